The molecule has 0 saturated carbocycles. The van der Waals surface area contributed by atoms with Crippen LogP contribution in [0.15, 0.2) is 52.3 Å². The highest BCUT2D eigenvalue weighted by atomic mass is 32.2. The minimum atomic E-state index is -3.65. The third kappa shape index (κ3) is 4.07. The maximum atomic E-state index is 13.5. The third-order valence-corrected chi connectivity index (χ3v) is 8.28. The Morgan fingerprint density at radius 3 is 2.62 bits per heavy atom. The summed E-state index contributed by atoms with van der Waals surface area (Å²) in [4.78, 5) is 16.5. The van der Waals surface area contributed by atoms with Crippen LogP contribution in [0.5, 0.6) is 0 Å². The van der Waals surface area contributed by atoms with Gasteiger partial charge in [-0.15, -0.1) is 11.8 Å². The zero-order valence-corrected chi connectivity index (χ0v) is 18.0. The minimum Gasteiger partial charge on any atom is -0.379 e. The highest BCUT2D eigenvalue weighted by Gasteiger charge is 2.29. The number of benzene rings is 2. The fraction of sp³-hybridized carbons (Fsp3) is 0.381. The van der Waals surface area contributed by atoms with E-state index in [4.69, 9.17) is 4.74 Å². The molecule has 2 aromatic carbocycles. The molecule has 0 spiro atoms. The predicted octanol–water partition coefficient (Wildman–Crippen LogP) is 3.16. The zero-order chi connectivity index (χ0) is 20.4. The van der Waals surface area contributed by atoms with Gasteiger partial charge in [-0.1, -0.05) is 18.2 Å². The molecule has 1 amide bonds. The number of anilines is 1. The van der Waals surface area contributed by atoms with Gasteiger partial charge in [0.15, 0.2) is 0 Å². The van der Waals surface area contributed by atoms with Gasteiger partial charge in [0, 0.05) is 30.1 Å². The van der Waals surface area contributed by atoms with E-state index in [1.165, 1.54) is 10.4 Å². The topological polar surface area (TPSA) is 66.9 Å². The fourth-order valence-corrected chi connectivity index (χ4v) is 6.04. The summed E-state index contributed by atoms with van der Waals surface area (Å²) in [5.74, 6) is 0.794. The maximum Gasteiger partial charge on any atom is 0.258 e. The summed E-state index contributed by atoms with van der Waals surface area (Å²) in [6.45, 7) is 3.89. The number of rotatable bonds is 3. The van der Waals surface area contributed by atoms with Crippen molar-refractivity contribution in [3.8, 4) is 0 Å². The predicted molar refractivity (Wildman–Crippen MR) is 114 cm³/mol. The maximum absolute atomic E-state index is 13.5. The zero-order valence-electron chi connectivity index (χ0n) is 16.3. The Hall–Kier alpha value is -1.87. The number of amides is 1. The molecular weight excluding hydrogens is 408 g/mol. The van der Waals surface area contributed by atoms with Crippen molar-refractivity contribution in [1.29, 1.82) is 0 Å². The molecule has 0 unspecified atom stereocenters. The molecule has 0 aromatic heterocycles. The molecule has 154 valence electrons. The summed E-state index contributed by atoms with van der Waals surface area (Å²) >= 11 is 1.75. The van der Waals surface area contributed by atoms with Crippen molar-refractivity contribution in [2.45, 2.75) is 23.1 Å². The number of morpholine rings is 1. The molecule has 0 radical (unpaired) electrons. The van der Waals surface area contributed by atoms with Gasteiger partial charge in [-0.25, -0.2) is 8.42 Å². The molecule has 2 aromatic rings. The lowest BCUT2D eigenvalue weighted by Crippen LogP contribution is -2.40. The highest BCUT2D eigenvalue weighted by Crippen LogP contribution is 2.35. The first-order valence-corrected chi connectivity index (χ1v) is 12.1. The second-order valence-corrected chi connectivity index (χ2v) is 10.2. The Bertz CT molecular complexity index is 1020. The van der Waals surface area contributed by atoms with Crippen LogP contribution in [0.2, 0.25) is 0 Å². The standard InChI is InChI=1S/C21H24N2O4S2/c1-16-7-8-17(29(25,26)22-10-12-27-13-11-22)15-18(16)21(24)23-9-4-14-28-20-6-3-2-5-19(20)23/h2-3,5-8,15H,4,9-14H2,1H3. The van der Waals surface area contributed by atoms with Gasteiger partial charge in [0.05, 0.1) is 23.8 Å². The van der Waals surface area contributed by atoms with Crippen LogP contribution in [-0.4, -0.2) is 57.2 Å². The number of fused-ring (bicyclic) bond motifs is 1. The van der Waals surface area contributed by atoms with E-state index in [2.05, 4.69) is 0 Å². The van der Waals surface area contributed by atoms with Crippen molar-refractivity contribution >= 4 is 33.4 Å². The number of sulfonamides is 1. The van der Waals surface area contributed by atoms with E-state index in [1.54, 1.807) is 28.8 Å². The van der Waals surface area contributed by atoms with Crippen molar-refractivity contribution in [3.63, 3.8) is 0 Å². The van der Waals surface area contributed by atoms with E-state index in [9.17, 15) is 13.2 Å². The quantitative estimate of drug-likeness (QED) is 0.745. The molecule has 2 aliphatic heterocycles. The normalized spacial score (nSPS) is 18.2. The van der Waals surface area contributed by atoms with E-state index in [0.717, 1.165) is 28.3 Å². The highest BCUT2D eigenvalue weighted by molar-refractivity contribution is 7.99. The van der Waals surface area contributed by atoms with E-state index in [0.29, 0.717) is 38.4 Å². The molecule has 6 nitrogen and oxygen atoms in total. The van der Waals surface area contributed by atoms with Gasteiger partial charge in [-0.2, -0.15) is 4.31 Å². The van der Waals surface area contributed by atoms with Crippen LogP contribution in [0.3, 0.4) is 0 Å². The van der Waals surface area contributed by atoms with E-state index >= 15 is 0 Å². The van der Waals surface area contributed by atoms with Crippen LogP contribution in [-0.2, 0) is 14.8 Å². The van der Waals surface area contributed by atoms with Gasteiger partial charge in [-0.3, -0.25) is 4.79 Å². The van der Waals surface area contributed by atoms with Gasteiger partial charge in [0.25, 0.3) is 5.91 Å². The fourth-order valence-electron chi connectivity index (χ4n) is 3.61. The number of hydrogen-bond acceptors (Lipinski definition) is 5. The first-order chi connectivity index (χ1) is 14.0. The van der Waals surface area contributed by atoms with Gasteiger partial charge < -0.3 is 9.64 Å². The van der Waals surface area contributed by atoms with Crippen LogP contribution < -0.4 is 4.90 Å². The molecule has 8 heteroatoms. The Labute approximate surface area is 175 Å². The minimum absolute atomic E-state index is 0.156. The third-order valence-electron chi connectivity index (χ3n) is 5.23. The van der Waals surface area contributed by atoms with Crippen molar-refractivity contribution in [2.24, 2.45) is 0 Å². The van der Waals surface area contributed by atoms with Crippen LogP contribution in [0, 0.1) is 6.92 Å². The van der Waals surface area contributed by atoms with E-state index < -0.39 is 10.0 Å². The Morgan fingerprint density at radius 2 is 1.83 bits per heavy atom. The Balaban J connectivity index is 1.70. The molecule has 0 bridgehead atoms. The first kappa shape index (κ1) is 20.4. The van der Waals surface area contributed by atoms with Gasteiger partial charge in [0.1, 0.15) is 0 Å². The number of ether oxygens (including phenoxy) is 1. The van der Waals surface area contributed by atoms with E-state index in [1.807, 2.05) is 31.2 Å². The Kier molecular flexibility index (Phi) is 5.96. The molecule has 29 heavy (non-hydrogen) atoms. The number of para-hydroxylation sites is 1. The molecule has 2 heterocycles. The second-order valence-electron chi connectivity index (χ2n) is 7.12. The summed E-state index contributed by atoms with van der Waals surface area (Å²) in [6, 6.07) is 12.7. The van der Waals surface area contributed by atoms with Crippen LogP contribution in [0.1, 0.15) is 22.3 Å². The summed E-state index contributed by atoms with van der Waals surface area (Å²) in [7, 11) is -3.65. The van der Waals surface area contributed by atoms with Crippen LogP contribution >= 0.6 is 11.8 Å². The number of carbonyl (C=O) groups excluding carboxylic acids is 1. The average Bonchev–Trinajstić information content (AvgIpc) is 2.96. The summed E-state index contributed by atoms with van der Waals surface area (Å²) in [6.07, 6.45) is 0.885. The summed E-state index contributed by atoms with van der Waals surface area (Å²) < 4.78 is 32.8. The number of aryl methyl sites for hydroxylation is 1. The molecule has 1 fully saturated rings. The molecule has 1 saturated heterocycles. The second kappa shape index (κ2) is 8.47. The van der Waals surface area contributed by atoms with Crippen molar-refractivity contribution in [2.75, 3.05) is 43.5 Å². The van der Waals surface area contributed by atoms with E-state index in [-0.39, 0.29) is 10.8 Å². The lowest BCUT2D eigenvalue weighted by molar-refractivity contribution is 0.0730. The molecule has 0 aliphatic carbocycles. The number of carbonyl (C=O) groups is 1. The van der Waals surface area contributed by atoms with Crippen molar-refractivity contribution < 1.29 is 17.9 Å². The number of hydrogen-bond donors (Lipinski definition) is 0. The Morgan fingerprint density at radius 1 is 1.07 bits per heavy atom. The summed E-state index contributed by atoms with van der Waals surface area (Å²) in [5.41, 5.74) is 2.09. The van der Waals surface area contributed by atoms with Gasteiger partial charge >= 0.3 is 0 Å². The van der Waals surface area contributed by atoms with Crippen LogP contribution in [0.25, 0.3) is 0 Å². The van der Waals surface area contributed by atoms with Crippen molar-refractivity contribution in [3.05, 3.63) is 53.6 Å². The first-order valence-electron chi connectivity index (χ1n) is 9.71. The SMILES string of the molecule is Cc1ccc(S(=O)(=O)N2CCOCC2)cc1C(=O)N1CCCSc2ccccc21. The average molecular weight is 433 g/mol. The molecule has 0 atom stereocenters. The lowest BCUT2D eigenvalue weighted by atomic mass is 10.1. The van der Waals surface area contributed by atoms with Crippen LogP contribution in [0.4, 0.5) is 5.69 Å². The number of nitrogens with zero attached hydrogens (tertiary/aromatic N) is 2. The molecule has 0 N–H and O–H groups in total. The smallest absolute Gasteiger partial charge is 0.258 e. The monoisotopic (exact) mass is 432 g/mol. The van der Waals surface area contributed by atoms with Gasteiger partial charge in [0.2, 0.25) is 10.0 Å². The van der Waals surface area contributed by atoms with Gasteiger partial charge in [-0.05, 0) is 48.9 Å². The largest absolute Gasteiger partial charge is 0.379 e. The molecule has 4 rings (SSSR count). The molecular formula is C21H24N2O4S2. The number of thioether (sulfide) groups is 1. The summed E-state index contributed by atoms with van der Waals surface area (Å²) in [5, 5.41) is 0. The lowest BCUT2D eigenvalue weighted by Gasteiger charge is -2.27. The molecule has 2 aliphatic rings. The van der Waals surface area contributed by atoms with Crippen molar-refractivity contribution in [1.82, 2.24) is 4.31 Å².